The Kier molecular flexibility index (Phi) is 3.69. The molecule has 6 heteroatoms. The first-order valence-corrected chi connectivity index (χ1v) is 6.13. The standard InChI is InChI=1S/C12H11FN2O2S/c13-8-4-2-1-3-7(8)10-6-18-11(15-10)5-9(14)12(16)17/h1-4,6,9H,5,14H2,(H,16,17). The number of hydrogen-bond acceptors (Lipinski definition) is 4. The molecule has 1 aromatic carbocycles. The van der Waals surface area contributed by atoms with Crippen molar-refractivity contribution >= 4 is 17.3 Å². The number of benzene rings is 1. The van der Waals surface area contributed by atoms with E-state index in [-0.39, 0.29) is 12.2 Å². The van der Waals surface area contributed by atoms with E-state index in [0.717, 1.165) is 0 Å². The maximum atomic E-state index is 13.5. The summed E-state index contributed by atoms with van der Waals surface area (Å²) >= 11 is 1.28. The first kappa shape index (κ1) is 12.7. The van der Waals surface area contributed by atoms with Crippen LogP contribution in [0.25, 0.3) is 11.3 Å². The first-order valence-electron chi connectivity index (χ1n) is 5.25. The van der Waals surface area contributed by atoms with Gasteiger partial charge in [0.05, 0.1) is 10.7 Å². The van der Waals surface area contributed by atoms with Gasteiger partial charge in [-0.15, -0.1) is 11.3 Å². The number of aromatic nitrogens is 1. The van der Waals surface area contributed by atoms with E-state index in [1.165, 1.54) is 17.4 Å². The van der Waals surface area contributed by atoms with Crippen molar-refractivity contribution in [2.45, 2.75) is 12.5 Å². The summed E-state index contributed by atoms with van der Waals surface area (Å²) in [4.78, 5) is 14.8. The van der Waals surface area contributed by atoms with Gasteiger partial charge in [-0.25, -0.2) is 9.37 Å². The van der Waals surface area contributed by atoms with Crippen LogP contribution in [0, 0.1) is 5.82 Å². The Morgan fingerprint density at radius 1 is 1.50 bits per heavy atom. The zero-order chi connectivity index (χ0) is 13.1. The van der Waals surface area contributed by atoms with E-state index in [2.05, 4.69) is 4.98 Å². The number of halogens is 1. The second-order valence-corrected chi connectivity index (χ2v) is 4.70. The van der Waals surface area contributed by atoms with Crippen molar-refractivity contribution in [3.8, 4) is 11.3 Å². The minimum absolute atomic E-state index is 0.147. The minimum atomic E-state index is -1.07. The minimum Gasteiger partial charge on any atom is -0.480 e. The molecule has 18 heavy (non-hydrogen) atoms. The second kappa shape index (κ2) is 5.24. The fourth-order valence-corrected chi connectivity index (χ4v) is 2.33. The highest BCUT2D eigenvalue weighted by atomic mass is 32.1. The number of hydrogen-bond donors (Lipinski definition) is 2. The molecule has 0 aliphatic rings. The number of aliphatic carboxylic acids is 1. The Labute approximate surface area is 107 Å². The molecule has 1 heterocycles. The fraction of sp³-hybridized carbons (Fsp3) is 0.167. The van der Waals surface area contributed by atoms with Crippen LogP contribution >= 0.6 is 11.3 Å². The zero-order valence-electron chi connectivity index (χ0n) is 9.34. The molecular weight excluding hydrogens is 255 g/mol. The molecule has 0 saturated heterocycles. The van der Waals surface area contributed by atoms with E-state index < -0.39 is 12.0 Å². The number of carboxylic acid groups (broad SMARTS) is 1. The molecule has 0 fully saturated rings. The van der Waals surface area contributed by atoms with Crippen LogP contribution in [0.1, 0.15) is 5.01 Å². The molecule has 0 aliphatic carbocycles. The van der Waals surface area contributed by atoms with Crippen molar-refractivity contribution in [1.82, 2.24) is 4.98 Å². The third kappa shape index (κ3) is 2.72. The maximum Gasteiger partial charge on any atom is 0.320 e. The van der Waals surface area contributed by atoms with Crippen molar-refractivity contribution in [2.24, 2.45) is 5.73 Å². The van der Waals surface area contributed by atoms with Gasteiger partial charge in [0.1, 0.15) is 11.9 Å². The van der Waals surface area contributed by atoms with Gasteiger partial charge >= 0.3 is 5.97 Å². The zero-order valence-corrected chi connectivity index (χ0v) is 10.2. The second-order valence-electron chi connectivity index (χ2n) is 3.76. The lowest BCUT2D eigenvalue weighted by Crippen LogP contribution is -2.32. The van der Waals surface area contributed by atoms with Crippen LogP contribution in [0.5, 0.6) is 0 Å². The summed E-state index contributed by atoms with van der Waals surface area (Å²) in [5.41, 5.74) is 6.33. The SMILES string of the molecule is NC(Cc1nc(-c2ccccc2F)cs1)C(=O)O. The molecule has 4 nitrogen and oxygen atoms in total. The van der Waals surface area contributed by atoms with Gasteiger partial charge in [0.15, 0.2) is 0 Å². The molecule has 2 rings (SSSR count). The molecule has 0 radical (unpaired) electrons. The molecule has 0 aliphatic heterocycles. The summed E-state index contributed by atoms with van der Waals surface area (Å²) < 4.78 is 13.5. The molecule has 0 amide bonds. The van der Waals surface area contributed by atoms with Gasteiger partial charge in [-0.05, 0) is 12.1 Å². The number of rotatable bonds is 4. The molecule has 2 aromatic rings. The highest BCUT2D eigenvalue weighted by molar-refractivity contribution is 7.10. The number of carbonyl (C=O) groups is 1. The summed E-state index contributed by atoms with van der Waals surface area (Å²) in [5.74, 6) is -1.42. The quantitative estimate of drug-likeness (QED) is 0.886. The Morgan fingerprint density at radius 3 is 2.89 bits per heavy atom. The molecule has 94 valence electrons. The van der Waals surface area contributed by atoms with Crippen molar-refractivity contribution in [1.29, 1.82) is 0 Å². The van der Waals surface area contributed by atoms with Crippen molar-refractivity contribution in [3.05, 3.63) is 40.5 Å². The smallest absolute Gasteiger partial charge is 0.320 e. The predicted octanol–water partition coefficient (Wildman–Crippen LogP) is 1.90. The Morgan fingerprint density at radius 2 is 2.22 bits per heavy atom. The average molecular weight is 266 g/mol. The molecule has 1 atom stereocenters. The van der Waals surface area contributed by atoms with Crippen LogP contribution in [0.3, 0.4) is 0 Å². The van der Waals surface area contributed by atoms with E-state index in [4.69, 9.17) is 10.8 Å². The molecule has 1 aromatic heterocycles. The number of carboxylic acids is 1. The van der Waals surface area contributed by atoms with Gasteiger partial charge in [-0.3, -0.25) is 4.79 Å². The Bertz CT molecular complexity index is 571. The number of thiazole rings is 1. The van der Waals surface area contributed by atoms with Crippen LogP contribution < -0.4 is 5.73 Å². The van der Waals surface area contributed by atoms with E-state index in [1.807, 2.05) is 0 Å². The largest absolute Gasteiger partial charge is 0.480 e. The molecule has 0 bridgehead atoms. The van der Waals surface area contributed by atoms with Crippen LogP contribution in [0.2, 0.25) is 0 Å². The number of nitrogens with two attached hydrogens (primary N) is 1. The van der Waals surface area contributed by atoms with Gasteiger partial charge in [-0.1, -0.05) is 12.1 Å². The van der Waals surface area contributed by atoms with E-state index in [9.17, 15) is 9.18 Å². The Hall–Kier alpha value is -1.79. The predicted molar refractivity (Wildman–Crippen MR) is 66.8 cm³/mol. The van der Waals surface area contributed by atoms with E-state index in [0.29, 0.717) is 16.3 Å². The average Bonchev–Trinajstić information content (AvgIpc) is 2.77. The third-order valence-electron chi connectivity index (χ3n) is 2.41. The monoisotopic (exact) mass is 266 g/mol. The molecule has 0 spiro atoms. The summed E-state index contributed by atoms with van der Waals surface area (Å²) in [6.07, 6.45) is 0.147. The summed E-state index contributed by atoms with van der Waals surface area (Å²) in [6, 6.07) is 5.33. The number of nitrogens with zero attached hydrogens (tertiary/aromatic N) is 1. The Balaban J connectivity index is 2.21. The van der Waals surface area contributed by atoms with Crippen molar-refractivity contribution in [3.63, 3.8) is 0 Å². The van der Waals surface area contributed by atoms with Crippen molar-refractivity contribution < 1.29 is 14.3 Å². The summed E-state index contributed by atoms with van der Waals surface area (Å²) in [5, 5.41) is 11.0. The van der Waals surface area contributed by atoms with Crippen LogP contribution in [-0.4, -0.2) is 22.1 Å². The third-order valence-corrected chi connectivity index (χ3v) is 3.28. The van der Waals surface area contributed by atoms with Gasteiger partial charge < -0.3 is 10.8 Å². The lowest BCUT2D eigenvalue weighted by Gasteiger charge is -2.02. The van der Waals surface area contributed by atoms with Crippen LogP contribution in [-0.2, 0) is 11.2 Å². The molecule has 3 N–H and O–H groups in total. The highest BCUT2D eigenvalue weighted by Gasteiger charge is 2.15. The summed E-state index contributed by atoms with van der Waals surface area (Å²) in [6.45, 7) is 0. The molecule has 1 unspecified atom stereocenters. The van der Waals surface area contributed by atoms with Crippen molar-refractivity contribution in [2.75, 3.05) is 0 Å². The van der Waals surface area contributed by atoms with E-state index >= 15 is 0 Å². The fourth-order valence-electron chi connectivity index (χ4n) is 1.47. The lowest BCUT2D eigenvalue weighted by atomic mass is 10.1. The van der Waals surface area contributed by atoms with E-state index in [1.54, 1.807) is 23.6 Å². The van der Waals surface area contributed by atoms with Crippen LogP contribution in [0.15, 0.2) is 29.6 Å². The topological polar surface area (TPSA) is 76.2 Å². The maximum absolute atomic E-state index is 13.5. The normalized spacial score (nSPS) is 12.3. The highest BCUT2D eigenvalue weighted by Crippen LogP contribution is 2.24. The molecular formula is C12H11FN2O2S. The van der Waals surface area contributed by atoms with Gasteiger partial charge in [0, 0.05) is 17.4 Å². The first-order chi connectivity index (χ1) is 8.58. The van der Waals surface area contributed by atoms with Gasteiger partial charge in [0.2, 0.25) is 0 Å². The van der Waals surface area contributed by atoms with Gasteiger partial charge in [0.25, 0.3) is 0 Å². The van der Waals surface area contributed by atoms with Gasteiger partial charge in [-0.2, -0.15) is 0 Å². The van der Waals surface area contributed by atoms with Crippen LogP contribution in [0.4, 0.5) is 4.39 Å². The lowest BCUT2D eigenvalue weighted by molar-refractivity contribution is -0.138. The summed E-state index contributed by atoms with van der Waals surface area (Å²) in [7, 11) is 0. The molecule has 0 saturated carbocycles.